The van der Waals surface area contributed by atoms with Crippen LogP contribution in [0.3, 0.4) is 0 Å². The van der Waals surface area contributed by atoms with Gasteiger partial charge in [0.25, 0.3) is 0 Å². The zero-order valence-corrected chi connectivity index (χ0v) is 20.0. The van der Waals surface area contributed by atoms with Crippen LogP contribution in [0.25, 0.3) is 11.3 Å². The zero-order chi connectivity index (χ0) is 23.2. The van der Waals surface area contributed by atoms with Crippen LogP contribution in [0.4, 0.5) is 10.1 Å². The molecule has 2 aliphatic rings. The number of hydrogen-bond acceptors (Lipinski definition) is 5. The van der Waals surface area contributed by atoms with E-state index < -0.39 is 0 Å². The Balaban J connectivity index is 1.45. The number of aromatic nitrogens is 1. The molecule has 9 heteroatoms. The van der Waals surface area contributed by atoms with Crippen LogP contribution in [0.15, 0.2) is 81.8 Å². The molecule has 0 spiro atoms. The van der Waals surface area contributed by atoms with Crippen molar-refractivity contribution in [3.8, 4) is 22.8 Å². The van der Waals surface area contributed by atoms with Crippen LogP contribution in [-0.2, 0) is 0 Å². The van der Waals surface area contributed by atoms with Crippen LogP contribution >= 0.6 is 28.1 Å². The molecule has 0 bridgehead atoms. The number of halogens is 2. The number of fused-ring (bicyclic) bond motifs is 1. The number of benzene rings is 2. The molecule has 170 valence electrons. The Morgan fingerprint density at radius 2 is 1.91 bits per heavy atom. The normalized spacial score (nSPS) is 18.9. The third kappa shape index (κ3) is 3.61. The number of furan rings is 1. The van der Waals surface area contributed by atoms with E-state index in [0.29, 0.717) is 32.6 Å². The lowest BCUT2D eigenvalue weighted by molar-refractivity contribution is 0.174. The van der Waals surface area contributed by atoms with Crippen molar-refractivity contribution >= 4 is 38.9 Å². The molecule has 4 heterocycles. The molecule has 0 radical (unpaired) electrons. The van der Waals surface area contributed by atoms with Gasteiger partial charge in [-0.05, 0) is 82.7 Å². The summed E-state index contributed by atoms with van der Waals surface area (Å²) in [4.78, 5) is 6.56. The van der Waals surface area contributed by atoms with Crippen LogP contribution in [0.1, 0.15) is 23.5 Å². The quantitative estimate of drug-likeness (QED) is 0.313. The lowest BCUT2D eigenvalue weighted by Crippen LogP contribution is -2.29. The number of hydrogen-bond donors (Lipinski definition) is 1. The highest BCUT2D eigenvalue weighted by Gasteiger charge is 2.43. The minimum absolute atomic E-state index is 0.190. The molecule has 0 aliphatic carbocycles. The Labute approximate surface area is 208 Å². The molecular weight excluding hydrogens is 521 g/mol. The highest BCUT2D eigenvalue weighted by Crippen LogP contribution is 2.45. The molecule has 2 aromatic carbocycles. The highest BCUT2D eigenvalue weighted by molar-refractivity contribution is 9.10. The van der Waals surface area contributed by atoms with Gasteiger partial charge >= 0.3 is 0 Å². The summed E-state index contributed by atoms with van der Waals surface area (Å²) in [6.45, 7) is 0.190. The lowest BCUT2D eigenvalue weighted by Gasteiger charge is -2.26. The number of pyridine rings is 1. The van der Waals surface area contributed by atoms with Gasteiger partial charge in [0.05, 0.1) is 11.7 Å². The van der Waals surface area contributed by atoms with Gasteiger partial charge in [0.2, 0.25) is 6.79 Å². The van der Waals surface area contributed by atoms with Gasteiger partial charge in [0, 0.05) is 28.0 Å². The first-order valence-electron chi connectivity index (χ1n) is 10.5. The van der Waals surface area contributed by atoms with E-state index in [1.807, 2.05) is 53.4 Å². The van der Waals surface area contributed by atoms with Gasteiger partial charge in [-0.1, -0.05) is 6.07 Å². The first-order chi connectivity index (χ1) is 16.6. The molecule has 2 aliphatic heterocycles. The second kappa shape index (κ2) is 8.41. The number of nitrogens with zero attached hydrogens (tertiary/aromatic N) is 2. The van der Waals surface area contributed by atoms with Gasteiger partial charge in [0.1, 0.15) is 23.4 Å². The molecule has 6 nitrogen and oxygen atoms in total. The summed E-state index contributed by atoms with van der Waals surface area (Å²) in [7, 11) is 0. The minimum atomic E-state index is -0.323. The summed E-state index contributed by atoms with van der Waals surface area (Å²) in [6.07, 6.45) is 1.75. The molecule has 0 amide bonds. The van der Waals surface area contributed by atoms with Crippen molar-refractivity contribution in [2.24, 2.45) is 0 Å². The second-order valence-corrected chi connectivity index (χ2v) is 9.10. The fourth-order valence-corrected chi connectivity index (χ4v) is 5.19. The smallest absolute Gasteiger partial charge is 0.231 e. The lowest BCUT2D eigenvalue weighted by atomic mass is 10.0. The fraction of sp³-hybridized carbons (Fsp3) is 0.120. The molecule has 1 N–H and O–H groups in total. The highest BCUT2D eigenvalue weighted by atomic mass is 79.9. The van der Waals surface area contributed by atoms with Crippen molar-refractivity contribution in [1.29, 1.82) is 0 Å². The van der Waals surface area contributed by atoms with E-state index in [1.165, 1.54) is 12.1 Å². The summed E-state index contributed by atoms with van der Waals surface area (Å²) in [6, 6.07) is 19.2. The molecule has 34 heavy (non-hydrogen) atoms. The average Bonchev–Trinajstić information content (AvgIpc) is 3.57. The summed E-state index contributed by atoms with van der Waals surface area (Å²) in [5, 5.41) is 3.95. The molecule has 0 saturated carbocycles. The van der Waals surface area contributed by atoms with Crippen molar-refractivity contribution in [1.82, 2.24) is 10.3 Å². The third-order valence-corrected chi connectivity index (χ3v) is 6.82. The Morgan fingerprint density at radius 3 is 2.74 bits per heavy atom. The maximum absolute atomic E-state index is 13.6. The summed E-state index contributed by atoms with van der Waals surface area (Å²) < 4.78 is 31.6. The van der Waals surface area contributed by atoms with Crippen LogP contribution in [0, 0.1) is 5.82 Å². The molecule has 4 aromatic rings. The average molecular weight is 538 g/mol. The summed E-state index contributed by atoms with van der Waals surface area (Å²) in [5.41, 5.74) is 2.43. The van der Waals surface area contributed by atoms with E-state index in [4.69, 9.17) is 26.1 Å². The number of anilines is 1. The van der Waals surface area contributed by atoms with Crippen LogP contribution in [0.5, 0.6) is 11.5 Å². The molecule has 1 fully saturated rings. The van der Waals surface area contributed by atoms with Crippen LogP contribution < -0.4 is 19.7 Å². The Morgan fingerprint density at radius 1 is 1.03 bits per heavy atom. The van der Waals surface area contributed by atoms with Gasteiger partial charge in [-0.25, -0.2) is 4.39 Å². The van der Waals surface area contributed by atoms with E-state index in [-0.39, 0.29) is 24.7 Å². The number of ether oxygens (including phenoxy) is 2. The largest absolute Gasteiger partial charge is 0.459 e. The first kappa shape index (κ1) is 21.1. The van der Waals surface area contributed by atoms with Gasteiger partial charge < -0.3 is 24.1 Å². The van der Waals surface area contributed by atoms with Gasteiger partial charge in [0.15, 0.2) is 16.6 Å². The van der Waals surface area contributed by atoms with E-state index in [2.05, 4.69) is 26.2 Å². The van der Waals surface area contributed by atoms with Gasteiger partial charge in [-0.3, -0.25) is 4.98 Å². The van der Waals surface area contributed by atoms with Gasteiger partial charge in [-0.2, -0.15) is 0 Å². The third-order valence-electron chi connectivity index (χ3n) is 5.85. The van der Waals surface area contributed by atoms with E-state index in [1.54, 1.807) is 12.3 Å². The van der Waals surface area contributed by atoms with Crippen molar-refractivity contribution in [2.75, 3.05) is 11.7 Å². The van der Waals surface area contributed by atoms with Crippen molar-refractivity contribution < 1.29 is 18.3 Å². The number of nitrogens with one attached hydrogen (secondary N) is 1. The Kier molecular flexibility index (Phi) is 5.23. The zero-order valence-electron chi connectivity index (χ0n) is 17.6. The van der Waals surface area contributed by atoms with E-state index >= 15 is 0 Å². The molecule has 6 rings (SSSR count). The SMILES string of the molecule is Fc1ccc(-c2ccc([C@@H]3[C@H](c4ccccn4)NC(=S)N3c3ccc4c(c3)OCO4)o2)c(Br)c1. The molecule has 1 saturated heterocycles. The fourth-order valence-electron chi connectivity index (χ4n) is 4.30. The Bertz CT molecular complexity index is 1400. The molecule has 2 aromatic heterocycles. The maximum atomic E-state index is 13.6. The molecule has 2 atom stereocenters. The molecular formula is C25H17BrFN3O3S. The van der Waals surface area contributed by atoms with Crippen molar-refractivity contribution in [3.63, 3.8) is 0 Å². The van der Waals surface area contributed by atoms with Crippen LogP contribution in [-0.4, -0.2) is 16.9 Å². The molecule has 0 unspecified atom stereocenters. The summed E-state index contributed by atoms with van der Waals surface area (Å²) >= 11 is 9.20. The Hall–Kier alpha value is -3.43. The number of rotatable bonds is 4. The van der Waals surface area contributed by atoms with E-state index in [0.717, 1.165) is 16.9 Å². The van der Waals surface area contributed by atoms with E-state index in [9.17, 15) is 4.39 Å². The predicted molar refractivity (Wildman–Crippen MR) is 132 cm³/mol. The standard InChI is InChI=1S/C25H17BrFN3O3S/c26-17-11-14(27)4-6-16(17)19-8-9-21(33-19)24-23(18-3-1-2-10-28-18)29-25(34)30(24)15-5-7-20-22(12-15)32-13-31-20/h1-12,23-24H,13H2,(H,29,34)/t23-,24+/m0/s1. The number of thiocarbonyl (C=S) groups is 1. The van der Waals surface area contributed by atoms with Crippen LogP contribution in [0.2, 0.25) is 0 Å². The monoisotopic (exact) mass is 537 g/mol. The first-order valence-corrected chi connectivity index (χ1v) is 11.7. The predicted octanol–water partition coefficient (Wildman–Crippen LogP) is 6.15. The maximum Gasteiger partial charge on any atom is 0.231 e. The summed E-state index contributed by atoms with van der Waals surface area (Å²) in [5.74, 6) is 2.34. The van der Waals surface area contributed by atoms with Crippen molar-refractivity contribution in [3.05, 3.63) is 94.7 Å². The minimum Gasteiger partial charge on any atom is -0.459 e. The topological polar surface area (TPSA) is 59.8 Å². The second-order valence-electron chi connectivity index (χ2n) is 7.86. The van der Waals surface area contributed by atoms with Crippen molar-refractivity contribution in [2.45, 2.75) is 12.1 Å². The van der Waals surface area contributed by atoms with Gasteiger partial charge in [-0.15, -0.1) is 0 Å².